The highest BCUT2D eigenvalue weighted by Gasteiger charge is 2.46. The van der Waals surface area contributed by atoms with Crippen LogP contribution in [0.2, 0.25) is 0 Å². The highest BCUT2D eigenvalue weighted by molar-refractivity contribution is 5.97. The number of hydrogen-bond donors (Lipinski definition) is 5. The Kier molecular flexibility index (Phi) is 13.5. The van der Waals surface area contributed by atoms with Gasteiger partial charge in [-0.25, -0.2) is 4.39 Å². The number of H-pyrrole nitrogens is 1. The van der Waals surface area contributed by atoms with E-state index in [9.17, 15) is 18.8 Å². The molecule has 3 aromatic rings. The lowest BCUT2D eigenvalue weighted by Gasteiger charge is -2.40. The number of nitrogens with one attached hydrogen (secondary N) is 4. The molecular weight excluding hydrogens is 709 g/mol. The number of fused-ring (bicyclic) bond motifs is 3. The fourth-order valence-electron chi connectivity index (χ4n) is 7.56. The van der Waals surface area contributed by atoms with Crippen molar-refractivity contribution in [2.24, 2.45) is 28.5 Å². The number of halogens is 3. The minimum absolute atomic E-state index is 0.000125. The lowest BCUT2D eigenvalue weighted by Crippen LogP contribution is -2.66. The Balaban J connectivity index is 1.50. The van der Waals surface area contributed by atoms with Gasteiger partial charge in [-0.3, -0.25) is 19.4 Å². The third-order valence-corrected chi connectivity index (χ3v) is 11.6. The van der Waals surface area contributed by atoms with Crippen molar-refractivity contribution in [2.75, 3.05) is 19.8 Å². The Morgan fingerprint density at radius 1 is 1.07 bits per heavy atom. The lowest BCUT2D eigenvalue weighted by atomic mass is 9.78. The molecule has 298 valence electrons. The van der Waals surface area contributed by atoms with Crippen molar-refractivity contribution in [3.8, 4) is 0 Å². The van der Waals surface area contributed by atoms with Crippen LogP contribution in [0, 0.1) is 23.6 Å². The van der Waals surface area contributed by atoms with Gasteiger partial charge in [-0.05, 0) is 60.8 Å². The smallest absolute Gasteiger partial charge is 0.293 e. The second-order valence-electron chi connectivity index (χ2n) is 15.2. The average molecular weight is 765 g/mol. The number of aromatic nitrogens is 1. The quantitative estimate of drug-likeness (QED) is 0.0688. The van der Waals surface area contributed by atoms with E-state index in [1.807, 2.05) is 27.7 Å². The van der Waals surface area contributed by atoms with Crippen molar-refractivity contribution < 1.29 is 32.3 Å². The summed E-state index contributed by atoms with van der Waals surface area (Å²) in [6, 6.07) is 9.08. The highest BCUT2D eigenvalue weighted by atomic mass is 19.3. The van der Waals surface area contributed by atoms with Crippen LogP contribution in [0.25, 0.3) is 10.9 Å². The van der Waals surface area contributed by atoms with Crippen LogP contribution in [0.15, 0.2) is 60.1 Å². The zero-order valence-electron chi connectivity index (χ0n) is 32.3. The number of amides is 3. The summed E-state index contributed by atoms with van der Waals surface area (Å²) in [6.45, 7) is 12.5. The van der Waals surface area contributed by atoms with Crippen molar-refractivity contribution in [1.29, 1.82) is 0 Å². The van der Waals surface area contributed by atoms with Gasteiger partial charge in [-0.15, -0.1) is 0 Å². The van der Waals surface area contributed by atoms with E-state index in [1.165, 1.54) is 24.3 Å². The van der Waals surface area contributed by atoms with Crippen molar-refractivity contribution in [2.45, 2.75) is 103 Å². The summed E-state index contributed by atoms with van der Waals surface area (Å²) >= 11 is 0. The predicted molar refractivity (Wildman–Crippen MR) is 208 cm³/mol. The molecule has 2 heterocycles. The molecule has 0 bridgehead atoms. The van der Waals surface area contributed by atoms with Crippen molar-refractivity contribution in [1.82, 2.24) is 20.9 Å². The van der Waals surface area contributed by atoms with E-state index in [-0.39, 0.29) is 66.6 Å². The zero-order valence-corrected chi connectivity index (χ0v) is 32.3. The molecule has 5 atom stereocenters. The number of aliphatic imine (C=N–C) groups is 1. The molecular formula is C42H55F3N6O4. The minimum Gasteiger partial charge on any atom is -0.387 e. The number of benzene rings is 2. The summed E-state index contributed by atoms with van der Waals surface area (Å²) in [5.41, 5.74) is 6.44. The molecule has 55 heavy (non-hydrogen) atoms. The number of amidine groups is 1. The average Bonchev–Trinajstić information content (AvgIpc) is 3.56. The second kappa shape index (κ2) is 17.9. The van der Waals surface area contributed by atoms with Gasteiger partial charge in [0.1, 0.15) is 17.4 Å². The first-order valence-electron chi connectivity index (χ1n) is 19.4. The van der Waals surface area contributed by atoms with E-state index >= 15 is 8.78 Å². The number of ether oxygens (including phenoxy) is 1. The van der Waals surface area contributed by atoms with Gasteiger partial charge in [-0.1, -0.05) is 83.5 Å². The van der Waals surface area contributed by atoms with Crippen LogP contribution in [0.3, 0.4) is 0 Å². The van der Waals surface area contributed by atoms with Crippen LogP contribution in [0.5, 0.6) is 0 Å². The molecule has 1 fully saturated rings. The Labute approximate surface area is 321 Å². The van der Waals surface area contributed by atoms with Crippen LogP contribution in [-0.4, -0.2) is 65.9 Å². The summed E-state index contributed by atoms with van der Waals surface area (Å²) in [5, 5.41) is 9.60. The summed E-state index contributed by atoms with van der Waals surface area (Å²) in [5.74, 6) is -5.15. The topological polar surface area (TPSA) is 151 Å². The first-order chi connectivity index (χ1) is 26.2. The number of nitrogens with zero attached hydrogens (tertiary/aromatic N) is 1. The zero-order chi connectivity index (χ0) is 39.9. The number of para-hydroxylation sites is 1. The normalized spacial score (nSPS) is 20.2. The second-order valence-corrected chi connectivity index (χ2v) is 15.2. The molecule has 0 radical (unpaired) electrons. The van der Waals surface area contributed by atoms with Crippen LogP contribution in [-0.2, 0) is 44.3 Å². The predicted octanol–water partition coefficient (Wildman–Crippen LogP) is 6.02. The van der Waals surface area contributed by atoms with E-state index in [4.69, 9.17) is 15.5 Å². The summed E-state index contributed by atoms with van der Waals surface area (Å²) < 4.78 is 50.0. The maximum Gasteiger partial charge on any atom is 0.293 e. The Morgan fingerprint density at radius 3 is 2.45 bits per heavy atom. The fraction of sp³-hybridized carbons (Fsp3) is 0.524. The van der Waals surface area contributed by atoms with Crippen LogP contribution in [0.1, 0.15) is 82.2 Å². The van der Waals surface area contributed by atoms with Gasteiger partial charge >= 0.3 is 0 Å². The standard InChI is InChI=1S/C42H55F3N6O4/c1-6-25(4)34(24-47-38(46)27-17-20-55-21-18-27)49-40(54)41(19-16-33-30(23-41)29-13-11-14-31(37(29)48-33)42(44,45)8-3)51-39(53)36(26(5)7-2)50-35(52)22-28-12-9-10-15-32(28)43/h8-15,25-27,34,36,48H,3,6-7,16-24H2,1-2,4-5H3,(H2,46,47)(H,49,54)(H,50,52)(H,51,53)/t25?,26?,34-,36+,41-/m1/s1. The van der Waals surface area contributed by atoms with Gasteiger partial charge in [0.25, 0.3) is 5.92 Å². The molecule has 2 unspecified atom stereocenters. The monoisotopic (exact) mass is 764 g/mol. The molecule has 2 aliphatic rings. The van der Waals surface area contributed by atoms with E-state index in [2.05, 4.69) is 27.5 Å². The van der Waals surface area contributed by atoms with E-state index in [0.717, 1.165) is 19.3 Å². The maximum atomic E-state index is 15.1. The molecule has 0 spiro atoms. The van der Waals surface area contributed by atoms with Crippen LogP contribution < -0.4 is 21.7 Å². The Bertz CT molecular complexity index is 1890. The number of allylic oxidation sites excluding steroid dienone is 1. The molecule has 1 aliphatic carbocycles. The van der Waals surface area contributed by atoms with Gasteiger partial charge in [0.2, 0.25) is 17.7 Å². The SMILES string of the molecule is C=CC(F)(F)c1cccc2c3c([nH]c12)CC[C@](NC(=O)[C@@H](NC(=O)Cc1ccccc1F)C(C)CC)(C(=O)N[C@H](CN=C(N)C1CCOCC1)C(C)CC)C3. The van der Waals surface area contributed by atoms with Crippen LogP contribution >= 0.6 is 0 Å². The minimum atomic E-state index is -3.31. The Hall–Kier alpha value is -4.65. The summed E-state index contributed by atoms with van der Waals surface area (Å²) in [4.78, 5) is 50.5. The van der Waals surface area contributed by atoms with Gasteiger partial charge < -0.3 is 31.4 Å². The fourth-order valence-corrected chi connectivity index (χ4v) is 7.56. The number of rotatable bonds is 16. The van der Waals surface area contributed by atoms with Crippen molar-refractivity contribution in [3.05, 3.63) is 83.3 Å². The maximum absolute atomic E-state index is 15.1. The summed E-state index contributed by atoms with van der Waals surface area (Å²) in [7, 11) is 0. The third kappa shape index (κ3) is 9.42. The molecule has 0 saturated carbocycles. The highest BCUT2D eigenvalue weighted by Crippen LogP contribution is 2.40. The number of hydrogen-bond acceptors (Lipinski definition) is 5. The summed E-state index contributed by atoms with van der Waals surface area (Å²) in [6.07, 6.45) is 3.53. The number of alkyl halides is 2. The molecule has 1 saturated heterocycles. The molecule has 13 heteroatoms. The first kappa shape index (κ1) is 41.5. The van der Waals surface area contributed by atoms with Gasteiger partial charge in [0, 0.05) is 42.2 Å². The lowest BCUT2D eigenvalue weighted by molar-refractivity contribution is -0.137. The molecule has 3 amide bonds. The number of aryl methyl sites for hydroxylation is 1. The first-order valence-corrected chi connectivity index (χ1v) is 19.4. The van der Waals surface area contributed by atoms with E-state index in [1.54, 1.807) is 18.2 Å². The number of carbonyl (C=O) groups excluding carboxylic acids is 3. The number of aromatic amines is 1. The van der Waals surface area contributed by atoms with Gasteiger partial charge in [0.15, 0.2) is 0 Å². The molecule has 1 aromatic heterocycles. The number of carbonyl (C=O) groups is 3. The van der Waals surface area contributed by atoms with E-state index in [0.29, 0.717) is 48.2 Å². The van der Waals surface area contributed by atoms with Crippen molar-refractivity contribution >= 4 is 34.5 Å². The third-order valence-electron chi connectivity index (χ3n) is 11.6. The molecule has 1 aliphatic heterocycles. The molecule has 10 nitrogen and oxygen atoms in total. The molecule has 5 rings (SSSR count). The molecule has 6 N–H and O–H groups in total. The molecule has 2 aromatic carbocycles. The van der Waals surface area contributed by atoms with E-state index < -0.39 is 47.1 Å². The van der Waals surface area contributed by atoms with Crippen LogP contribution in [0.4, 0.5) is 13.2 Å². The van der Waals surface area contributed by atoms with Gasteiger partial charge in [-0.2, -0.15) is 8.78 Å². The Morgan fingerprint density at radius 2 is 1.78 bits per heavy atom. The largest absolute Gasteiger partial charge is 0.387 e. The van der Waals surface area contributed by atoms with Crippen molar-refractivity contribution in [3.63, 3.8) is 0 Å². The van der Waals surface area contributed by atoms with Gasteiger partial charge in [0.05, 0.1) is 30.4 Å². The number of nitrogens with two attached hydrogens (primary N) is 1.